The fourth-order valence-electron chi connectivity index (χ4n) is 6.44. The summed E-state index contributed by atoms with van der Waals surface area (Å²) in [6, 6.07) is 10.6. The third-order valence-corrected chi connectivity index (χ3v) is 9.64. The van der Waals surface area contributed by atoms with Gasteiger partial charge in [-0.15, -0.1) is 0 Å². The normalized spacial score (nSPS) is 20.1. The third kappa shape index (κ3) is 5.82. The summed E-state index contributed by atoms with van der Waals surface area (Å²) in [6.07, 6.45) is 1.30. The van der Waals surface area contributed by atoms with Gasteiger partial charge in [0.2, 0.25) is 5.75 Å². The summed E-state index contributed by atoms with van der Waals surface area (Å²) in [5, 5.41) is 9.79. The van der Waals surface area contributed by atoms with Crippen LogP contribution < -0.4 is 8.92 Å². The smallest absolute Gasteiger partial charge is 0.339 e. The van der Waals surface area contributed by atoms with E-state index in [1.807, 2.05) is 27.7 Å². The first-order valence-corrected chi connectivity index (χ1v) is 15.7. The van der Waals surface area contributed by atoms with Gasteiger partial charge >= 0.3 is 16.1 Å². The molecule has 0 spiro atoms. The van der Waals surface area contributed by atoms with Crippen LogP contribution in [0.1, 0.15) is 64.9 Å². The van der Waals surface area contributed by atoms with Crippen molar-refractivity contribution in [2.45, 2.75) is 64.2 Å². The zero-order chi connectivity index (χ0) is 31.5. The average Bonchev–Trinajstić information content (AvgIpc) is 2.89. The van der Waals surface area contributed by atoms with Crippen molar-refractivity contribution in [3.63, 3.8) is 0 Å². The number of hydrogen-bond acceptors (Lipinski definition) is 8. The Balaban J connectivity index is 1.72. The zero-order valence-electron chi connectivity index (χ0n) is 24.7. The molecule has 0 aromatic heterocycles. The fourth-order valence-corrected chi connectivity index (χ4v) is 7.72. The topological polar surface area (TPSA) is 127 Å². The molecule has 43 heavy (non-hydrogen) atoms. The number of allylic oxidation sites excluding steroid dienone is 4. The maximum atomic E-state index is 13.9. The van der Waals surface area contributed by atoms with Crippen LogP contribution >= 0.6 is 11.6 Å². The second-order valence-electron chi connectivity index (χ2n) is 12.9. The lowest BCUT2D eigenvalue weighted by atomic mass is 9.63. The monoisotopic (exact) mass is 627 g/mol. The minimum absolute atomic E-state index is 0.00597. The minimum Gasteiger partial charge on any atom is -0.493 e. The van der Waals surface area contributed by atoms with E-state index in [-0.39, 0.29) is 52.4 Å². The molecule has 0 radical (unpaired) electrons. The van der Waals surface area contributed by atoms with Gasteiger partial charge in [-0.05, 0) is 53.5 Å². The first-order chi connectivity index (χ1) is 20.0. The van der Waals surface area contributed by atoms with Crippen molar-refractivity contribution in [1.29, 1.82) is 0 Å². The van der Waals surface area contributed by atoms with Crippen molar-refractivity contribution >= 4 is 39.3 Å². The molecule has 2 aliphatic carbocycles. The van der Waals surface area contributed by atoms with Crippen molar-refractivity contribution in [1.82, 2.24) is 4.90 Å². The highest BCUT2D eigenvalue weighted by Crippen LogP contribution is 2.55. The number of hydrogen-bond donors (Lipinski definition) is 1. The van der Waals surface area contributed by atoms with Gasteiger partial charge in [-0.2, -0.15) is 8.42 Å². The number of carboxylic acids is 1. The minimum atomic E-state index is -4.26. The van der Waals surface area contributed by atoms with Gasteiger partial charge in [-0.1, -0.05) is 57.5 Å². The highest BCUT2D eigenvalue weighted by Gasteiger charge is 2.49. The standard InChI is InChI=1S/C32H34ClNO8S/c1-31(2)13-21-28(23(35)15-31)27(29-22(34(21)17-26(37)38)14-32(3,4)16-24(29)36)18-11-20(33)30(25(12-18)41-5)42-43(39,40)19-9-7-6-8-10-19/h6-12,27H,13-17H2,1-5H3,(H,37,38). The average molecular weight is 628 g/mol. The molecule has 2 aromatic carbocycles. The lowest BCUT2D eigenvalue weighted by Gasteiger charge is -2.48. The van der Waals surface area contributed by atoms with Gasteiger partial charge < -0.3 is 18.9 Å². The highest BCUT2D eigenvalue weighted by molar-refractivity contribution is 7.87. The number of halogens is 1. The lowest BCUT2D eigenvalue weighted by molar-refractivity contribution is -0.138. The largest absolute Gasteiger partial charge is 0.493 e. The number of ketones is 2. The second kappa shape index (κ2) is 10.8. The van der Waals surface area contributed by atoms with E-state index in [2.05, 4.69) is 0 Å². The Morgan fingerprint density at radius 2 is 1.49 bits per heavy atom. The number of carboxylic acid groups (broad SMARTS) is 1. The predicted molar refractivity (Wildman–Crippen MR) is 159 cm³/mol. The SMILES string of the molecule is COc1cc(C2C3=C(CC(C)(C)CC3=O)N(CC(=O)O)C3=C2C(=O)CC(C)(C)C3)cc(Cl)c1OS(=O)(=O)c1ccccc1. The number of Topliss-reactive ketones (excluding diaryl/α,β-unsaturated/α-hetero) is 2. The molecule has 9 nitrogen and oxygen atoms in total. The van der Waals surface area contributed by atoms with Crippen LogP contribution in [0.5, 0.6) is 11.5 Å². The predicted octanol–water partition coefficient (Wildman–Crippen LogP) is 5.89. The molecule has 0 saturated heterocycles. The van der Waals surface area contributed by atoms with Crippen molar-refractivity contribution < 1.29 is 36.8 Å². The van der Waals surface area contributed by atoms with Crippen LogP contribution in [-0.4, -0.2) is 49.6 Å². The summed E-state index contributed by atoms with van der Waals surface area (Å²) in [6.45, 7) is 7.46. The maximum absolute atomic E-state index is 13.9. The number of methoxy groups -OCH3 is 1. The Hall–Kier alpha value is -3.63. The molecular weight excluding hydrogens is 594 g/mol. The Morgan fingerprint density at radius 1 is 0.953 bits per heavy atom. The van der Waals surface area contributed by atoms with Crippen molar-refractivity contribution in [2.75, 3.05) is 13.7 Å². The molecule has 0 fully saturated rings. The molecular formula is C32H34ClNO8S. The zero-order valence-corrected chi connectivity index (χ0v) is 26.3. The van der Waals surface area contributed by atoms with Crippen molar-refractivity contribution in [2.24, 2.45) is 10.8 Å². The van der Waals surface area contributed by atoms with Gasteiger partial charge in [0.05, 0.1) is 12.1 Å². The Bertz CT molecular complexity index is 1650. The van der Waals surface area contributed by atoms with Gasteiger partial charge in [0, 0.05) is 41.3 Å². The van der Waals surface area contributed by atoms with Crippen LogP contribution in [0.15, 0.2) is 69.9 Å². The van der Waals surface area contributed by atoms with Gasteiger partial charge in [-0.25, -0.2) is 0 Å². The first kappa shape index (κ1) is 30.8. The molecule has 0 atom stereocenters. The molecule has 0 amide bonds. The van der Waals surface area contributed by atoms with Crippen LogP contribution in [0, 0.1) is 10.8 Å². The molecule has 0 bridgehead atoms. The quantitative estimate of drug-likeness (QED) is 0.374. The molecule has 1 N–H and O–H groups in total. The molecule has 5 rings (SSSR count). The van der Waals surface area contributed by atoms with E-state index in [0.717, 1.165) is 0 Å². The Morgan fingerprint density at radius 3 is 1.98 bits per heavy atom. The van der Waals surface area contributed by atoms with E-state index >= 15 is 0 Å². The number of benzene rings is 2. The molecule has 1 aliphatic heterocycles. The number of ether oxygens (including phenoxy) is 1. The van der Waals surface area contributed by atoms with E-state index in [1.165, 1.54) is 31.4 Å². The van der Waals surface area contributed by atoms with Crippen molar-refractivity contribution in [3.05, 3.63) is 75.6 Å². The van der Waals surface area contributed by atoms with Gasteiger partial charge in [0.1, 0.15) is 11.4 Å². The highest BCUT2D eigenvalue weighted by atomic mass is 35.5. The fraction of sp³-hybridized carbons (Fsp3) is 0.406. The van der Waals surface area contributed by atoms with Gasteiger partial charge in [0.25, 0.3) is 0 Å². The molecule has 2 aromatic rings. The van der Waals surface area contributed by atoms with E-state index in [9.17, 15) is 27.9 Å². The number of rotatable bonds is 7. The summed E-state index contributed by atoms with van der Waals surface area (Å²) in [5.41, 5.74) is 1.47. The molecule has 11 heteroatoms. The molecule has 1 heterocycles. The van der Waals surface area contributed by atoms with Crippen LogP contribution in [-0.2, 0) is 24.5 Å². The maximum Gasteiger partial charge on any atom is 0.339 e. The molecule has 228 valence electrons. The van der Waals surface area contributed by atoms with E-state index in [4.69, 9.17) is 20.5 Å². The number of nitrogens with zero attached hydrogens (tertiary/aromatic N) is 1. The number of carbonyl (C=O) groups excluding carboxylic acids is 2. The Labute approximate surface area is 256 Å². The number of aliphatic carboxylic acids is 1. The summed E-state index contributed by atoms with van der Waals surface area (Å²) in [4.78, 5) is 41.4. The van der Waals surface area contributed by atoms with Crippen LogP contribution in [0.3, 0.4) is 0 Å². The lowest BCUT2D eigenvalue weighted by Crippen LogP contribution is -2.45. The first-order valence-electron chi connectivity index (χ1n) is 13.9. The summed E-state index contributed by atoms with van der Waals surface area (Å²) in [7, 11) is -2.92. The van der Waals surface area contributed by atoms with Crippen LogP contribution in [0.2, 0.25) is 5.02 Å². The van der Waals surface area contributed by atoms with Gasteiger partial charge in [0.15, 0.2) is 17.3 Å². The number of carbonyl (C=O) groups is 3. The Kier molecular flexibility index (Phi) is 7.75. The second-order valence-corrected chi connectivity index (χ2v) is 14.9. The third-order valence-electron chi connectivity index (χ3n) is 8.13. The van der Waals surface area contributed by atoms with Gasteiger partial charge in [-0.3, -0.25) is 14.4 Å². The van der Waals surface area contributed by atoms with E-state index in [0.29, 0.717) is 40.9 Å². The van der Waals surface area contributed by atoms with Crippen LogP contribution in [0.25, 0.3) is 0 Å². The molecule has 0 unspecified atom stereocenters. The summed E-state index contributed by atoms with van der Waals surface area (Å²) >= 11 is 6.68. The summed E-state index contributed by atoms with van der Waals surface area (Å²) in [5.74, 6) is -2.50. The van der Waals surface area contributed by atoms with E-state index in [1.54, 1.807) is 23.1 Å². The molecule has 3 aliphatic rings. The van der Waals surface area contributed by atoms with Crippen molar-refractivity contribution in [3.8, 4) is 11.5 Å². The van der Waals surface area contributed by atoms with Crippen LogP contribution in [0.4, 0.5) is 0 Å². The molecule has 0 saturated carbocycles. The summed E-state index contributed by atoms with van der Waals surface area (Å²) < 4.78 is 37.0. The van der Waals surface area contributed by atoms with E-state index < -0.39 is 32.8 Å².